The third-order valence-corrected chi connectivity index (χ3v) is 3.80. The summed E-state index contributed by atoms with van der Waals surface area (Å²) in [4.78, 5) is 0. The molecule has 0 N–H and O–H groups in total. The molecule has 0 atom stereocenters. The monoisotopic (exact) mass is 278 g/mol. The lowest BCUT2D eigenvalue weighted by Gasteiger charge is -2.37. The molecule has 20 heavy (non-hydrogen) atoms. The standard InChI is InChI=1S/C16H22O4/c1-15(7-17-8-15)11-19-13-3-5-14(6-4-13)20-12-16(2)9-18-10-16/h3-6H,7-12H2,1-2H3. The molecular formula is C16H22O4. The van der Waals surface area contributed by atoms with Crippen LogP contribution >= 0.6 is 0 Å². The number of ether oxygens (including phenoxy) is 4. The maximum Gasteiger partial charge on any atom is 0.119 e. The molecule has 4 heteroatoms. The van der Waals surface area contributed by atoms with Crippen molar-refractivity contribution in [2.45, 2.75) is 13.8 Å². The second-order valence-electron chi connectivity index (χ2n) is 6.66. The van der Waals surface area contributed by atoms with Crippen LogP contribution in [0, 0.1) is 10.8 Å². The summed E-state index contributed by atoms with van der Waals surface area (Å²) in [5.74, 6) is 1.76. The molecule has 0 bridgehead atoms. The largest absolute Gasteiger partial charge is 0.493 e. The molecule has 0 aromatic heterocycles. The van der Waals surface area contributed by atoms with Gasteiger partial charge in [0.1, 0.15) is 11.5 Å². The van der Waals surface area contributed by atoms with Gasteiger partial charge in [-0.05, 0) is 24.3 Å². The van der Waals surface area contributed by atoms with E-state index in [-0.39, 0.29) is 10.8 Å². The Labute approximate surface area is 120 Å². The molecule has 0 radical (unpaired) electrons. The van der Waals surface area contributed by atoms with Gasteiger partial charge in [-0.3, -0.25) is 0 Å². The summed E-state index contributed by atoms with van der Waals surface area (Å²) in [6.45, 7) is 8.89. The first kappa shape index (κ1) is 13.7. The van der Waals surface area contributed by atoms with Gasteiger partial charge in [0, 0.05) is 10.8 Å². The van der Waals surface area contributed by atoms with Gasteiger partial charge >= 0.3 is 0 Å². The van der Waals surface area contributed by atoms with Gasteiger partial charge in [-0.1, -0.05) is 13.8 Å². The lowest BCUT2D eigenvalue weighted by molar-refractivity contribution is -0.120. The molecule has 2 fully saturated rings. The maximum atomic E-state index is 5.79. The highest BCUT2D eigenvalue weighted by Gasteiger charge is 2.35. The van der Waals surface area contributed by atoms with Crippen molar-refractivity contribution in [2.75, 3.05) is 39.6 Å². The van der Waals surface area contributed by atoms with Crippen LogP contribution in [0.1, 0.15) is 13.8 Å². The maximum absolute atomic E-state index is 5.79. The van der Waals surface area contributed by atoms with Gasteiger partial charge in [0.05, 0.1) is 39.6 Å². The average Bonchev–Trinajstić information content (AvgIpc) is 2.40. The fourth-order valence-electron chi connectivity index (χ4n) is 2.21. The first-order valence-electron chi connectivity index (χ1n) is 7.08. The number of hydrogen-bond donors (Lipinski definition) is 0. The Hall–Kier alpha value is -1.26. The molecule has 4 nitrogen and oxygen atoms in total. The summed E-state index contributed by atoms with van der Waals surface area (Å²) >= 11 is 0. The molecule has 2 heterocycles. The van der Waals surface area contributed by atoms with Crippen molar-refractivity contribution in [3.05, 3.63) is 24.3 Å². The highest BCUT2D eigenvalue weighted by Crippen LogP contribution is 2.29. The number of hydrogen-bond acceptors (Lipinski definition) is 4. The Balaban J connectivity index is 1.46. The zero-order valence-electron chi connectivity index (χ0n) is 12.2. The normalized spacial score (nSPS) is 22.5. The van der Waals surface area contributed by atoms with E-state index in [4.69, 9.17) is 18.9 Å². The van der Waals surface area contributed by atoms with Crippen LogP contribution in [0.25, 0.3) is 0 Å². The summed E-state index contributed by atoms with van der Waals surface area (Å²) in [6, 6.07) is 7.82. The summed E-state index contributed by atoms with van der Waals surface area (Å²) < 4.78 is 22.0. The SMILES string of the molecule is CC1(COc2ccc(OCC3(C)COC3)cc2)COC1. The molecule has 1 aromatic carbocycles. The third kappa shape index (κ3) is 3.07. The predicted molar refractivity (Wildman–Crippen MR) is 75.3 cm³/mol. The quantitative estimate of drug-likeness (QED) is 0.801. The van der Waals surface area contributed by atoms with Crippen LogP contribution in [-0.4, -0.2) is 39.6 Å². The van der Waals surface area contributed by atoms with E-state index in [1.165, 1.54) is 0 Å². The Morgan fingerprint density at radius 1 is 0.800 bits per heavy atom. The van der Waals surface area contributed by atoms with Crippen LogP contribution in [-0.2, 0) is 9.47 Å². The molecule has 1 aromatic rings. The number of benzene rings is 1. The van der Waals surface area contributed by atoms with E-state index in [0.717, 1.165) is 37.9 Å². The first-order valence-corrected chi connectivity index (χ1v) is 7.08. The van der Waals surface area contributed by atoms with E-state index >= 15 is 0 Å². The van der Waals surface area contributed by atoms with Crippen LogP contribution < -0.4 is 9.47 Å². The van der Waals surface area contributed by atoms with Gasteiger partial charge in [-0.2, -0.15) is 0 Å². The van der Waals surface area contributed by atoms with Crippen molar-refractivity contribution in [1.82, 2.24) is 0 Å². The summed E-state index contributed by atoms with van der Waals surface area (Å²) in [6.07, 6.45) is 0. The zero-order chi connectivity index (χ0) is 14.1. The van der Waals surface area contributed by atoms with E-state index < -0.39 is 0 Å². The molecule has 0 amide bonds. The van der Waals surface area contributed by atoms with Crippen molar-refractivity contribution in [3.8, 4) is 11.5 Å². The van der Waals surface area contributed by atoms with Crippen molar-refractivity contribution >= 4 is 0 Å². The Morgan fingerprint density at radius 3 is 1.40 bits per heavy atom. The second-order valence-corrected chi connectivity index (χ2v) is 6.66. The molecule has 0 unspecified atom stereocenters. The van der Waals surface area contributed by atoms with Gasteiger partial charge in [-0.25, -0.2) is 0 Å². The summed E-state index contributed by atoms with van der Waals surface area (Å²) in [7, 11) is 0. The second kappa shape index (κ2) is 5.26. The van der Waals surface area contributed by atoms with Crippen molar-refractivity contribution < 1.29 is 18.9 Å². The number of rotatable bonds is 6. The minimum absolute atomic E-state index is 0.175. The minimum Gasteiger partial charge on any atom is -0.493 e. The van der Waals surface area contributed by atoms with Crippen LogP contribution in [0.5, 0.6) is 11.5 Å². The summed E-state index contributed by atoms with van der Waals surface area (Å²) in [5.41, 5.74) is 0.349. The van der Waals surface area contributed by atoms with Crippen molar-refractivity contribution in [2.24, 2.45) is 10.8 Å². The average molecular weight is 278 g/mol. The highest BCUT2D eigenvalue weighted by atomic mass is 16.5. The van der Waals surface area contributed by atoms with E-state index in [1.54, 1.807) is 0 Å². The summed E-state index contributed by atoms with van der Waals surface area (Å²) in [5, 5.41) is 0. The van der Waals surface area contributed by atoms with Crippen molar-refractivity contribution in [3.63, 3.8) is 0 Å². The molecular weight excluding hydrogens is 256 g/mol. The molecule has 110 valence electrons. The predicted octanol–water partition coefficient (Wildman–Crippen LogP) is 2.52. The van der Waals surface area contributed by atoms with E-state index in [9.17, 15) is 0 Å². The molecule has 2 aliphatic rings. The van der Waals surface area contributed by atoms with Crippen LogP contribution in [0.2, 0.25) is 0 Å². The van der Waals surface area contributed by atoms with Gasteiger partial charge in [-0.15, -0.1) is 0 Å². The molecule has 0 spiro atoms. The van der Waals surface area contributed by atoms with Gasteiger partial charge in [0.2, 0.25) is 0 Å². The topological polar surface area (TPSA) is 36.9 Å². The highest BCUT2D eigenvalue weighted by molar-refractivity contribution is 5.31. The van der Waals surface area contributed by atoms with E-state index in [0.29, 0.717) is 13.2 Å². The smallest absolute Gasteiger partial charge is 0.119 e. The molecule has 0 aliphatic carbocycles. The fourth-order valence-corrected chi connectivity index (χ4v) is 2.21. The minimum atomic E-state index is 0.175. The Kier molecular flexibility index (Phi) is 3.61. The van der Waals surface area contributed by atoms with Crippen molar-refractivity contribution in [1.29, 1.82) is 0 Å². The van der Waals surface area contributed by atoms with Crippen LogP contribution in [0.4, 0.5) is 0 Å². The zero-order valence-corrected chi connectivity index (χ0v) is 12.2. The molecule has 2 saturated heterocycles. The van der Waals surface area contributed by atoms with E-state index in [1.807, 2.05) is 24.3 Å². The molecule has 2 aliphatic heterocycles. The van der Waals surface area contributed by atoms with Crippen LogP contribution in [0.3, 0.4) is 0 Å². The Bertz CT molecular complexity index is 403. The third-order valence-electron chi connectivity index (χ3n) is 3.80. The van der Waals surface area contributed by atoms with Crippen LogP contribution in [0.15, 0.2) is 24.3 Å². The molecule has 3 rings (SSSR count). The first-order chi connectivity index (χ1) is 9.57. The fraction of sp³-hybridized carbons (Fsp3) is 0.625. The molecule has 0 saturated carbocycles. The Morgan fingerprint density at radius 2 is 1.15 bits per heavy atom. The van der Waals surface area contributed by atoms with Gasteiger partial charge < -0.3 is 18.9 Å². The lowest BCUT2D eigenvalue weighted by Crippen LogP contribution is -2.44. The van der Waals surface area contributed by atoms with Gasteiger partial charge in [0.15, 0.2) is 0 Å². The van der Waals surface area contributed by atoms with E-state index in [2.05, 4.69) is 13.8 Å². The van der Waals surface area contributed by atoms with Gasteiger partial charge in [0.25, 0.3) is 0 Å². The lowest BCUT2D eigenvalue weighted by atomic mass is 9.90.